The highest BCUT2D eigenvalue weighted by Crippen LogP contribution is 2.46. The molecule has 0 N–H and O–H groups in total. The van der Waals surface area contributed by atoms with Gasteiger partial charge in [-0.3, -0.25) is 8.97 Å². The fourth-order valence-corrected chi connectivity index (χ4v) is 8.91. The second kappa shape index (κ2) is 12.8. The number of hydrogen-bond acceptors (Lipinski definition) is 3. The average molecular weight is 740 g/mol. The van der Waals surface area contributed by atoms with Gasteiger partial charge in [0.1, 0.15) is 11.5 Å². The first-order valence-corrected chi connectivity index (χ1v) is 19.6. The summed E-state index contributed by atoms with van der Waals surface area (Å²) in [7, 11) is 0. The molecule has 0 saturated heterocycles. The molecule has 12 aromatic rings. The van der Waals surface area contributed by atoms with Gasteiger partial charge in [0, 0.05) is 38.2 Å². The molecule has 5 heteroatoms. The Bertz CT molecular complexity index is 3540. The number of rotatable bonds is 5. The Labute approximate surface area is 333 Å². The second-order valence-corrected chi connectivity index (χ2v) is 14.8. The van der Waals surface area contributed by atoms with Crippen LogP contribution in [-0.4, -0.2) is 23.9 Å². The molecule has 0 aliphatic rings. The largest absolute Gasteiger partial charge is 0.292 e. The number of para-hydroxylation sites is 3. The minimum Gasteiger partial charge on any atom is -0.292 e. The zero-order chi connectivity index (χ0) is 38.2. The van der Waals surface area contributed by atoms with Crippen LogP contribution in [0.25, 0.3) is 111 Å². The molecule has 0 fully saturated rings. The smallest absolute Gasteiger partial charge is 0.165 e. The van der Waals surface area contributed by atoms with Crippen LogP contribution in [0.1, 0.15) is 0 Å². The molecule has 0 aliphatic carbocycles. The Hall–Kier alpha value is -7.89. The third kappa shape index (κ3) is 4.87. The van der Waals surface area contributed by atoms with Gasteiger partial charge in [-0.05, 0) is 46.8 Å². The second-order valence-electron chi connectivity index (χ2n) is 14.8. The lowest BCUT2D eigenvalue weighted by Crippen LogP contribution is -2.04. The van der Waals surface area contributed by atoms with Gasteiger partial charge in [-0.25, -0.2) is 15.0 Å². The molecule has 5 nitrogen and oxygen atoms in total. The van der Waals surface area contributed by atoms with Crippen LogP contribution in [0.3, 0.4) is 0 Å². The average Bonchev–Trinajstić information content (AvgIpc) is 3.87. The highest BCUT2D eigenvalue weighted by Gasteiger charge is 2.26. The minimum atomic E-state index is 0.785. The van der Waals surface area contributed by atoms with E-state index in [9.17, 15) is 0 Å². The maximum Gasteiger partial charge on any atom is 0.165 e. The molecular weight excluding hydrogens is 707 g/mol. The van der Waals surface area contributed by atoms with Crippen LogP contribution in [0.4, 0.5) is 0 Å². The molecule has 4 aromatic heterocycles. The lowest BCUT2D eigenvalue weighted by atomic mass is 9.97. The molecule has 0 unspecified atom stereocenters. The first kappa shape index (κ1) is 32.4. The molecule has 0 radical (unpaired) electrons. The van der Waals surface area contributed by atoms with Gasteiger partial charge in [-0.1, -0.05) is 170 Å². The van der Waals surface area contributed by atoms with Crippen LogP contribution >= 0.6 is 0 Å². The van der Waals surface area contributed by atoms with Crippen molar-refractivity contribution in [2.24, 2.45) is 0 Å². The SMILES string of the molecule is c1ccc(-c2ccc3c4c5c(ccc4n(-c4nc6ccccc6nc4-c4ccccc4)c3c2)c2ccccc2n2c(-c3ccccc3)nc(-c3ccccc3)c52)cc1. The molecule has 12 rings (SSSR count). The van der Waals surface area contributed by atoms with Gasteiger partial charge in [-0.2, -0.15) is 0 Å². The fraction of sp³-hybridized carbons (Fsp3) is 0. The molecule has 0 amide bonds. The maximum absolute atomic E-state index is 5.56. The van der Waals surface area contributed by atoms with E-state index in [1.165, 1.54) is 10.8 Å². The number of hydrogen-bond donors (Lipinski definition) is 0. The monoisotopic (exact) mass is 739 g/mol. The summed E-state index contributed by atoms with van der Waals surface area (Å²) in [5.74, 6) is 1.69. The van der Waals surface area contributed by atoms with Gasteiger partial charge in [-0.15, -0.1) is 0 Å². The van der Waals surface area contributed by atoms with Crippen molar-refractivity contribution in [3.05, 3.63) is 200 Å². The van der Waals surface area contributed by atoms with Gasteiger partial charge in [0.2, 0.25) is 0 Å². The minimum absolute atomic E-state index is 0.785. The van der Waals surface area contributed by atoms with E-state index in [2.05, 4.69) is 185 Å². The van der Waals surface area contributed by atoms with Crippen molar-refractivity contribution in [2.45, 2.75) is 0 Å². The summed E-state index contributed by atoms with van der Waals surface area (Å²) in [6.45, 7) is 0. The number of nitrogens with zero attached hydrogens (tertiary/aromatic N) is 5. The summed E-state index contributed by atoms with van der Waals surface area (Å²) < 4.78 is 4.74. The van der Waals surface area contributed by atoms with Crippen LogP contribution < -0.4 is 0 Å². The van der Waals surface area contributed by atoms with E-state index in [-0.39, 0.29) is 0 Å². The van der Waals surface area contributed by atoms with Crippen molar-refractivity contribution in [3.8, 4) is 50.8 Å². The van der Waals surface area contributed by atoms with E-state index in [0.717, 1.165) is 100 Å². The summed E-state index contributed by atoms with van der Waals surface area (Å²) >= 11 is 0. The summed E-state index contributed by atoms with van der Waals surface area (Å²) in [6.07, 6.45) is 0. The number of pyridine rings is 1. The summed E-state index contributed by atoms with van der Waals surface area (Å²) in [5, 5.41) is 5.77. The van der Waals surface area contributed by atoms with Gasteiger partial charge in [0.05, 0.1) is 38.8 Å². The zero-order valence-electron chi connectivity index (χ0n) is 31.3. The summed E-state index contributed by atoms with van der Waals surface area (Å²) in [5.41, 5.74) is 13.2. The third-order valence-corrected chi connectivity index (χ3v) is 11.5. The van der Waals surface area contributed by atoms with Gasteiger partial charge in [0.15, 0.2) is 5.82 Å². The van der Waals surface area contributed by atoms with Crippen LogP contribution in [0.2, 0.25) is 0 Å². The maximum atomic E-state index is 5.56. The highest BCUT2D eigenvalue weighted by atomic mass is 15.1. The van der Waals surface area contributed by atoms with Crippen LogP contribution in [-0.2, 0) is 0 Å². The number of benzene rings is 8. The van der Waals surface area contributed by atoms with E-state index < -0.39 is 0 Å². The van der Waals surface area contributed by atoms with E-state index in [1.54, 1.807) is 0 Å². The van der Waals surface area contributed by atoms with E-state index in [1.807, 2.05) is 24.3 Å². The first-order chi connectivity index (χ1) is 28.8. The summed E-state index contributed by atoms with van der Waals surface area (Å²) in [6, 6.07) is 70.6. The molecule has 8 aromatic carbocycles. The number of imidazole rings is 1. The molecule has 270 valence electrons. The molecule has 0 aliphatic heterocycles. The third-order valence-electron chi connectivity index (χ3n) is 11.5. The van der Waals surface area contributed by atoms with Crippen molar-refractivity contribution < 1.29 is 0 Å². The molecule has 0 bridgehead atoms. The van der Waals surface area contributed by atoms with Crippen molar-refractivity contribution >= 4 is 60.0 Å². The van der Waals surface area contributed by atoms with Crippen molar-refractivity contribution in [2.75, 3.05) is 0 Å². The Balaban J connectivity index is 1.32. The van der Waals surface area contributed by atoms with Crippen molar-refractivity contribution in [1.82, 2.24) is 23.9 Å². The lowest BCUT2D eigenvalue weighted by Gasteiger charge is -2.15. The standard InChI is InChI=1S/C53H33N5/c1-5-17-34(18-6-1)38-29-30-41-46(33-38)57(53-50(36-21-9-3-10-22-36)54-42-26-14-15-27-43(42)55-53)45-32-31-40-39-25-13-16-28-44(39)58-51(48(40)47(41)45)49(35-19-7-2-8-20-35)56-52(58)37-23-11-4-12-24-37/h1-33H. The van der Waals surface area contributed by atoms with Gasteiger partial charge < -0.3 is 0 Å². The van der Waals surface area contributed by atoms with Gasteiger partial charge >= 0.3 is 0 Å². The van der Waals surface area contributed by atoms with Crippen LogP contribution in [0.15, 0.2) is 200 Å². The first-order valence-electron chi connectivity index (χ1n) is 19.6. The molecular formula is C53H33N5. The summed E-state index contributed by atoms with van der Waals surface area (Å²) in [4.78, 5) is 16.4. The van der Waals surface area contributed by atoms with E-state index >= 15 is 0 Å². The van der Waals surface area contributed by atoms with Crippen molar-refractivity contribution in [3.63, 3.8) is 0 Å². The van der Waals surface area contributed by atoms with Crippen LogP contribution in [0, 0.1) is 0 Å². The molecule has 0 atom stereocenters. The topological polar surface area (TPSA) is 48.0 Å². The van der Waals surface area contributed by atoms with Crippen molar-refractivity contribution in [1.29, 1.82) is 0 Å². The predicted octanol–water partition coefficient (Wildman–Crippen LogP) is 13.3. The Morgan fingerprint density at radius 1 is 0.328 bits per heavy atom. The highest BCUT2D eigenvalue weighted by molar-refractivity contribution is 6.31. The Morgan fingerprint density at radius 3 is 1.60 bits per heavy atom. The quantitative estimate of drug-likeness (QED) is 0.165. The molecule has 4 heterocycles. The molecule has 0 spiro atoms. The van der Waals surface area contributed by atoms with E-state index in [4.69, 9.17) is 15.0 Å². The number of aromatic nitrogens is 5. The predicted molar refractivity (Wildman–Crippen MR) is 239 cm³/mol. The molecule has 0 saturated carbocycles. The van der Waals surface area contributed by atoms with E-state index in [0.29, 0.717) is 0 Å². The van der Waals surface area contributed by atoms with Crippen LogP contribution in [0.5, 0.6) is 0 Å². The van der Waals surface area contributed by atoms with Gasteiger partial charge in [0.25, 0.3) is 0 Å². The zero-order valence-corrected chi connectivity index (χ0v) is 31.3. The fourth-order valence-electron chi connectivity index (χ4n) is 8.91. The normalized spacial score (nSPS) is 11.8. The lowest BCUT2D eigenvalue weighted by molar-refractivity contribution is 1.08. The Kier molecular flexibility index (Phi) is 7.16. The Morgan fingerprint density at radius 2 is 0.897 bits per heavy atom. The molecule has 58 heavy (non-hydrogen) atoms. The number of fused-ring (bicyclic) bond motifs is 11.